The summed E-state index contributed by atoms with van der Waals surface area (Å²) in [5, 5.41) is 4.77. The highest BCUT2D eigenvalue weighted by Crippen LogP contribution is 2.24. The topological polar surface area (TPSA) is 81.4 Å². The maximum Gasteiger partial charge on any atom is 0.341 e. The molecule has 1 aromatic rings. The molecule has 0 aliphatic heterocycles. The molecule has 0 unspecified atom stereocenters. The molecule has 0 radical (unpaired) electrons. The molecule has 88 valence electrons. The Labute approximate surface area is 97.6 Å². The van der Waals surface area contributed by atoms with E-state index in [-0.39, 0.29) is 5.91 Å². The van der Waals surface area contributed by atoms with Crippen LogP contribution in [0.2, 0.25) is 0 Å². The van der Waals surface area contributed by atoms with Gasteiger partial charge in [0.1, 0.15) is 5.00 Å². The van der Waals surface area contributed by atoms with E-state index in [1.165, 1.54) is 11.3 Å². The van der Waals surface area contributed by atoms with Gasteiger partial charge in [0.2, 0.25) is 5.91 Å². The van der Waals surface area contributed by atoms with E-state index in [9.17, 15) is 9.59 Å². The minimum Gasteiger partial charge on any atom is -0.462 e. The number of carbonyl (C=O) groups is 2. The maximum absolute atomic E-state index is 11.5. The predicted molar refractivity (Wildman–Crippen MR) is 62.6 cm³/mol. The van der Waals surface area contributed by atoms with Gasteiger partial charge in [0, 0.05) is 0 Å². The molecule has 0 bridgehead atoms. The lowest BCUT2D eigenvalue weighted by Crippen LogP contribution is -2.32. The second-order valence-corrected chi connectivity index (χ2v) is 4.08. The Morgan fingerprint density at radius 1 is 1.62 bits per heavy atom. The molecule has 0 aliphatic rings. The van der Waals surface area contributed by atoms with Crippen LogP contribution in [0.15, 0.2) is 11.4 Å². The highest BCUT2D eigenvalue weighted by atomic mass is 32.1. The Hall–Kier alpha value is -1.40. The van der Waals surface area contributed by atoms with Gasteiger partial charge >= 0.3 is 5.97 Å². The first kappa shape index (κ1) is 12.7. The van der Waals surface area contributed by atoms with Crippen molar-refractivity contribution in [2.45, 2.75) is 19.9 Å². The average Bonchev–Trinajstić information content (AvgIpc) is 2.66. The maximum atomic E-state index is 11.5. The molecular weight excluding hydrogens is 228 g/mol. The fourth-order valence-electron chi connectivity index (χ4n) is 1.00. The van der Waals surface area contributed by atoms with E-state index < -0.39 is 12.0 Å². The molecule has 1 atom stereocenters. The summed E-state index contributed by atoms with van der Waals surface area (Å²) in [6.07, 6.45) is 0. The zero-order valence-corrected chi connectivity index (χ0v) is 9.97. The van der Waals surface area contributed by atoms with E-state index >= 15 is 0 Å². The molecule has 5 nitrogen and oxygen atoms in total. The van der Waals surface area contributed by atoms with E-state index in [1.54, 1.807) is 25.3 Å². The monoisotopic (exact) mass is 242 g/mol. The molecule has 1 heterocycles. The van der Waals surface area contributed by atoms with Crippen LogP contribution in [0.1, 0.15) is 24.2 Å². The number of amides is 1. The van der Waals surface area contributed by atoms with E-state index in [1.807, 2.05) is 0 Å². The minimum absolute atomic E-state index is 0.301. The number of hydrogen-bond donors (Lipinski definition) is 2. The largest absolute Gasteiger partial charge is 0.462 e. The van der Waals surface area contributed by atoms with Crippen LogP contribution in [-0.4, -0.2) is 24.5 Å². The first-order chi connectivity index (χ1) is 7.56. The number of anilines is 1. The second-order valence-electron chi connectivity index (χ2n) is 3.16. The lowest BCUT2D eigenvalue weighted by atomic mass is 10.3. The van der Waals surface area contributed by atoms with Gasteiger partial charge in [-0.05, 0) is 25.3 Å². The molecule has 16 heavy (non-hydrogen) atoms. The standard InChI is InChI=1S/C10H14N2O3S/c1-3-15-10(14)7-4-5-16-9(7)12-8(13)6(2)11/h4-6H,3,11H2,1-2H3,(H,12,13)/t6-/m0/s1. The highest BCUT2D eigenvalue weighted by molar-refractivity contribution is 7.14. The van der Waals surface area contributed by atoms with Crippen LogP contribution in [0.25, 0.3) is 0 Å². The van der Waals surface area contributed by atoms with E-state index in [0.29, 0.717) is 17.2 Å². The molecule has 1 rings (SSSR count). The molecule has 1 aromatic heterocycles. The molecule has 0 aliphatic carbocycles. The summed E-state index contributed by atoms with van der Waals surface area (Å²) >= 11 is 1.26. The third-order valence-electron chi connectivity index (χ3n) is 1.81. The molecule has 0 spiro atoms. The number of thiophene rings is 1. The Morgan fingerprint density at radius 3 is 2.88 bits per heavy atom. The molecule has 6 heteroatoms. The van der Waals surface area contributed by atoms with Gasteiger partial charge in [-0.25, -0.2) is 4.79 Å². The van der Waals surface area contributed by atoms with Crippen LogP contribution in [0.5, 0.6) is 0 Å². The molecule has 0 fully saturated rings. The summed E-state index contributed by atoms with van der Waals surface area (Å²) in [7, 11) is 0. The normalized spacial score (nSPS) is 11.9. The van der Waals surface area contributed by atoms with Gasteiger partial charge in [-0.3, -0.25) is 4.79 Å². The number of rotatable bonds is 4. The molecule has 0 saturated carbocycles. The van der Waals surface area contributed by atoms with E-state index in [2.05, 4.69) is 5.32 Å². The van der Waals surface area contributed by atoms with Gasteiger partial charge < -0.3 is 15.8 Å². The number of esters is 1. The Bertz CT molecular complexity index is 387. The van der Waals surface area contributed by atoms with Crippen molar-refractivity contribution >= 4 is 28.2 Å². The van der Waals surface area contributed by atoms with Crippen molar-refractivity contribution in [2.75, 3.05) is 11.9 Å². The van der Waals surface area contributed by atoms with Crippen LogP contribution in [0, 0.1) is 0 Å². The molecule has 1 amide bonds. The first-order valence-electron chi connectivity index (χ1n) is 4.87. The fourth-order valence-corrected chi connectivity index (χ4v) is 1.78. The van der Waals surface area contributed by atoms with Crippen molar-refractivity contribution in [3.8, 4) is 0 Å². The lowest BCUT2D eigenvalue weighted by molar-refractivity contribution is -0.117. The van der Waals surface area contributed by atoms with E-state index in [0.717, 1.165) is 0 Å². The predicted octanol–water partition coefficient (Wildman–Crippen LogP) is 1.21. The van der Waals surface area contributed by atoms with Gasteiger partial charge in [0.05, 0.1) is 18.2 Å². The van der Waals surface area contributed by atoms with Crippen LogP contribution in [-0.2, 0) is 9.53 Å². The Kier molecular flexibility index (Phi) is 4.45. The summed E-state index contributed by atoms with van der Waals surface area (Å²) in [5.41, 5.74) is 5.78. The van der Waals surface area contributed by atoms with Crippen LogP contribution >= 0.6 is 11.3 Å². The SMILES string of the molecule is CCOC(=O)c1ccsc1NC(=O)[C@H](C)N. The van der Waals surface area contributed by atoms with Crippen molar-refractivity contribution in [3.63, 3.8) is 0 Å². The van der Waals surface area contributed by atoms with Crippen LogP contribution < -0.4 is 11.1 Å². The van der Waals surface area contributed by atoms with Crippen molar-refractivity contribution in [1.82, 2.24) is 0 Å². The molecule has 0 aromatic carbocycles. The summed E-state index contributed by atoms with van der Waals surface area (Å²) in [6, 6.07) is 0.997. The van der Waals surface area contributed by atoms with Crippen molar-refractivity contribution in [1.29, 1.82) is 0 Å². The Balaban J connectivity index is 2.78. The summed E-state index contributed by atoms with van der Waals surface area (Å²) in [6.45, 7) is 3.60. The van der Waals surface area contributed by atoms with Gasteiger partial charge in [-0.2, -0.15) is 0 Å². The van der Waals surface area contributed by atoms with Gasteiger partial charge in [-0.1, -0.05) is 0 Å². The smallest absolute Gasteiger partial charge is 0.341 e. The zero-order valence-electron chi connectivity index (χ0n) is 9.15. The third kappa shape index (κ3) is 3.04. The number of carbonyl (C=O) groups excluding carboxylic acids is 2. The molecule has 3 N–H and O–H groups in total. The highest BCUT2D eigenvalue weighted by Gasteiger charge is 2.17. The van der Waals surface area contributed by atoms with Gasteiger partial charge in [0.25, 0.3) is 0 Å². The quantitative estimate of drug-likeness (QED) is 0.777. The second kappa shape index (κ2) is 5.62. The first-order valence-corrected chi connectivity index (χ1v) is 5.75. The van der Waals surface area contributed by atoms with Crippen molar-refractivity contribution < 1.29 is 14.3 Å². The minimum atomic E-state index is -0.614. The zero-order chi connectivity index (χ0) is 12.1. The molecular formula is C10H14N2O3S. The van der Waals surface area contributed by atoms with Crippen molar-refractivity contribution in [3.05, 3.63) is 17.0 Å². The van der Waals surface area contributed by atoms with Gasteiger partial charge in [-0.15, -0.1) is 11.3 Å². The van der Waals surface area contributed by atoms with Crippen molar-refractivity contribution in [2.24, 2.45) is 5.73 Å². The number of hydrogen-bond acceptors (Lipinski definition) is 5. The summed E-state index contributed by atoms with van der Waals surface area (Å²) in [5.74, 6) is -0.767. The lowest BCUT2D eigenvalue weighted by Gasteiger charge is -2.07. The summed E-state index contributed by atoms with van der Waals surface area (Å²) < 4.78 is 4.85. The summed E-state index contributed by atoms with van der Waals surface area (Å²) in [4.78, 5) is 22.8. The Morgan fingerprint density at radius 2 is 2.31 bits per heavy atom. The van der Waals surface area contributed by atoms with Crippen LogP contribution in [0.4, 0.5) is 5.00 Å². The fraction of sp³-hybridized carbons (Fsp3) is 0.400. The van der Waals surface area contributed by atoms with E-state index in [4.69, 9.17) is 10.5 Å². The molecule has 0 saturated heterocycles. The average molecular weight is 242 g/mol. The number of ether oxygens (including phenoxy) is 1. The number of nitrogens with two attached hydrogens (primary N) is 1. The number of nitrogens with one attached hydrogen (secondary N) is 1. The van der Waals surface area contributed by atoms with Gasteiger partial charge in [0.15, 0.2) is 0 Å². The van der Waals surface area contributed by atoms with Crippen LogP contribution in [0.3, 0.4) is 0 Å². The third-order valence-corrected chi connectivity index (χ3v) is 2.64.